The van der Waals surface area contributed by atoms with Crippen LogP contribution in [0.3, 0.4) is 0 Å². The molecule has 220 valence electrons. The molecular weight excluding hydrogens is 575 g/mol. The van der Waals surface area contributed by atoms with Gasteiger partial charge >= 0.3 is 12.1 Å². The van der Waals surface area contributed by atoms with E-state index in [2.05, 4.69) is 25.9 Å². The number of hydrogen-bond acceptors (Lipinski definition) is 6. The van der Waals surface area contributed by atoms with Crippen LogP contribution in [-0.4, -0.2) is 39.9 Å². The number of esters is 1. The minimum Gasteiger partial charge on any atom is -0.459 e. The Morgan fingerprint density at radius 2 is 1.64 bits per heavy atom. The van der Waals surface area contributed by atoms with Gasteiger partial charge in [-0.05, 0) is 69.7 Å². The van der Waals surface area contributed by atoms with Crippen LogP contribution in [0.25, 0.3) is 11.0 Å². The third-order valence-corrected chi connectivity index (χ3v) is 6.31. The van der Waals surface area contributed by atoms with Gasteiger partial charge in [-0.3, -0.25) is 14.4 Å². The van der Waals surface area contributed by atoms with Crippen molar-refractivity contribution in [3.63, 3.8) is 0 Å². The molecular formula is C29H27ClF3N5O4. The molecule has 0 saturated carbocycles. The molecule has 13 heteroatoms. The predicted molar refractivity (Wildman–Crippen MR) is 154 cm³/mol. The van der Waals surface area contributed by atoms with Crippen molar-refractivity contribution in [3.05, 3.63) is 81.9 Å². The van der Waals surface area contributed by atoms with Crippen LogP contribution in [0.15, 0.2) is 54.6 Å². The van der Waals surface area contributed by atoms with Gasteiger partial charge in [0.25, 0.3) is 11.8 Å². The van der Waals surface area contributed by atoms with Crippen LogP contribution in [0, 0.1) is 6.92 Å². The molecule has 9 nitrogen and oxygen atoms in total. The van der Waals surface area contributed by atoms with Gasteiger partial charge in [-0.1, -0.05) is 29.8 Å². The Balaban J connectivity index is 1.70. The van der Waals surface area contributed by atoms with Crippen LogP contribution in [0.2, 0.25) is 5.02 Å². The fourth-order valence-corrected chi connectivity index (χ4v) is 4.21. The summed E-state index contributed by atoms with van der Waals surface area (Å²) in [5.74, 6) is -2.08. The first kappa shape index (κ1) is 30.4. The summed E-state index contributed by atoms with van der Waals surface area (Å²) in [6.45, 7) is 6.65. The molecule has 42 heavy (non-hydrogen) atoms. The van der Waals surface area contributed by atoms with E-state index in [-0.39, 0.29) is 34.8 Å². The normalized spacial score (nSPS) is 11.7. The van der Waals surface area contributed by atoms with Crippen molar-refractivity contribution in [2.75, 3.05) is 22.5 Å². The molecule has 0 saturated heterocycles. The Kier molecular flexibility index (Phi) is 8.48. The van der Waals surface area contributed by atoms with Crippen molar-refractivity contribution in [2.45, 2.75) is 39.5 Å². The average molecular weight is 602 g/mol. The minimum absolute atomic E-state index is 0.00662. The van der Waals surface area contributed by atoms with E-state index in [1.165, 1.54) is 24.3 Å². The Hall–Kier alpha value is -4.58. The Morgan fingerprint density at radius 1 is 0.952 bits per heavy atom. The van der Waals surface area contributed by atoms with E-state index in [1.54, 1.807) is 45.9 Å². The Labute approximate surface area is 243 Å². The van der Waals surface area contributed by atoms with Crippen LogP contribution in [-0.2, 0) is 15.7 Å². The predicted octanol–water partition coefficient (Wildman–Crippen LogP) is 6.80. The molecule has 0 aliphatic heterocycles. The summed E-state index contributed by atoms with van der Waals surface area (Å²) in [6, 6.07) is 12.0. The number of carbonyl (C=O) groups is 3. The number of nitrogens with zero attached hydrogens (tertiary/aromatic N) is 1. The minimum atomic E-state index is -4.75. The lowest BCUT2D eigenvalue weighted by Crippen LogP contribution is -2.28. The third kappa shape index (κ3) is 7.19. The van der Waals surface area contributed by atoms with E-state index in [9.17, 15) is 27.6 Å². The van der Waals surface area contributed by atoms with Crippen molar-refractivity contribution in [2.24, 2.45) is 0 Å². The average Bonchev–Trinajstić information content (AvgIpc) is 3.31. The van der Waals surface area contributed by atoms with Gasteiger partial charge in [-0.25, -0.2) is 4.98 Å². The number of ether oxygens (including phenoxy) is 1. The SMILES string of the molecule is Cc1c(Cl)cccc1NC(=O)c1cc(NC(=O)c2ccccc2C(F)(F)F)cc2[nH]c(NCC(=O)OC(C)(C)C)nc12. The lowest BCUT2D eigenvalue weighted by atomic mass is 10.1. The number of anilines is 3. The summed E-state index contributed by atoms with van der Waals surface area (Å²) in [5.41, 5.74) is -0.902. The van der Waals surface area contributed by atoms with E-state index in [1.807, 2.05) is 0 Å². The highest BCUT2D eigenvalue weighted by Crippen LogP contribution is 2.33. The molecule has 3 aromatic carbocycles. The number of aromatic nitrogens is 2. The van der Waals surface area contributed by atoms with E-state index in [0.29, 0.717) is 16.3 Å². The molecule has 0 spiro atoms. The molecule has 2 amide bonds. The third-order valence-electron chi connectivity index (χ3n) is 5.90. The number of rotatable bonds is 7. The molecule has 0 radical (unpaired) electrons. The second kappa shape index (κ2) is 11.7. The van der Waals surface area contributed by atoms with Gasteiger partial charge in [0.05, 0.1) is 22.2 Å². The zero-order valence-corrected chi connectivity index (χ0v) is 23.8. The summed E-state index contributed by atoms with van der Waals surface area (Å²) in [5, 5.41) is 8.42. The number of alkyl halides is 3. The van der Waals surface area contributed by atoms with Gasteiger partial charge in [-0.15, -0.1) is 0 Å². The lowest BCUT2D eigenvalue weighted by molar-refractivity contribution is -0.152. The molecule has 4 rings (SSSR count). The van der Waals surface area contributed by atoms with Crippen molar-refractivity contribution >= 4 is 57.7 Å². The summed E-state index contributed by atoms with van der Waals surface area (Å²) in [6.07, 6.45) is -4.75. The molecule has 1 heterocycles. The quantitative estimate of drug-likeness (QED) is 0.173. The number of hydrogen-bond donors (Lipinski definition) is 4. The largest absolute Gasteiger partial charge is 0.459 e. The highest BCUT2D eigenvalue weighted by molar-refractivity contribution is 6.31. The van der Waals surface area contributed by atoms with E-state index < -0.39 is 40.7 Å². The number of carbonyl (C=O) groups excluding carboxylic acids is 3. The second-order valence-electron chi connectivity index (χ2n) is 10.3. The monoisotopic (exact) mass is 601 g/mol. The van der Waals surface area contributed by atoms with Gasteiger partial charge in [0.15, 0.2) is 0 Å². The number of amides is 2. The number of imidazole rings is 1. The van der Waals surface area contributed by atoms with Gasteiger partial charge in [0.1, 0.15) is 17.7 Å². The number of nitrogens with one attached hydrogen (secondary N) is 4. The highest BCUT2D eigenvalue weighted by Gasteiger charge is 2.35. The van der Waals surface area contributed by atoms with Gasteiger partial charge in [-0.2, -0.15) is 13.2 Å². The number of benzene rings is 3. The highest BCUT2D eigenvalue weighted by atomic mass is 35.5. The van der Waals surface area contributed by atoms with Crippen molar-refractivity contribution in [3.8, 4) is 0 Å². The van der Waals surface area contributed by atoms with Gasteiger partial charge in [0.2, 0.25) is 5.95 Å². The summed E-state index contributed by atoms with van der Waals surface area (Å²) in [4.78, 5) is 45.9. The fraction of sp³-hybridized carbons (Fsp3) is 0.241. The van der Waals surface area contributed by atoms with Crippen molar-refractivity contribution in [1.29, 1.82) is 0 Å². The van der Waals surface area contributed by atoms with Crippen molar-refractivity contribution < 1.29 is 32.3 Å². The number of H-pyrrole nitrogens is 1. The number of fused-ring (bicyclic) bond motifs is 1. The first-order valence-electron chi connectivity index (χ1n) is 12.7. The summed E-state index contributed by atoms with van der Waals surface area (Å²) < 4.78 is 45.8. The standard InChI is InChI=1S/C29H27ClF3N5O4/c1-15-20(30)10-7-11-21(15)36-26(41)18-12-16(35-25(40)17-8-5-6-9-19(17)29(31,32)33)13-22-24(18)38-27(37-22)34-14-23(39)42-28(2,3)4/h5-13H,14H2,1-4H3,(H,35,40)(H,36,41)(H2,34,37,38). The number of aromatic amines is 1. The van der Waals surface area contributed by atoms with E-state index in [4.69, 9.17) is 16.3 Å². The van der Waals surface area contributed by atoms with E-state index >= 15 is 0 Å². The molecule has 4 N–H and O–H groups in total. The molecule has 0 bridgehead atoms. The van der Waals surface area contributed by atoms with Crippen molar-refractivity contribution in [1.82, 2.24) is 9.97 Å². The molecule has 0 aliphatic rings. The molecule has 1 aromatic heterocycles. The van der Waals surface area contributed by atoms with Crippen LogP contribution in [0.4, 0.5) is 30.5 Å². The fourth-order valence-electron chi connectivity index (χ4n) is 4.04. The molecule has 0 aliphatic carbocycles. The topological polar surface area (TPSA) is 125 Å². The summed E-state index contributed by atoms with van der Waals surface area (Å²) >= 11 is 6.19. The molecule has 0 atom stereocenters. The molecule has 0 fully saturated rings. The smallest absolute Gasteiger partial charge is 0.417 e. The summed E-state index contributed by atoms with van der Waals surface area (Å²) in [7, 11) is 0. The maximum Gasteiger partial charge on any atom is 0.417 e. The number of halogens is 4. The van der Waals surface area contributed by atoms with Crippen LogP contribution < -0.4 is 16.0 Å². The van der Waals surface area contributed by atoms with Gasteiger partial charge in [0, 0.05) is 16.4 Å². The van der Waals surface area contributed by atoms with E-state index in [0.717, 1.165) is 12.1 Å². The lowest BCUT2D eigenvalue weighted by Gasteiger charge is -2.19. The maximum atomic E-state index is 13.5. The molecule has 0 unspecified atom stereocenters. The first-order valence-corrected chi connectivity index (χ1v) is 13.0. The first-order chi connectivity index (χ1) is 19.6. The Morgan fingerprint density at radius 3 is 2.33 bits per heavy atom. The Bertz CT molecular complexity index is 1680. The van der Waals surface area contributed by atoms with Crippen LogP contribution >= 0.6 is 11.6 Å². The second-order valence-corrected chi connectivity index (χ2v) is 10.7. The zero-order chi connectivity index (χ0) is 30.8. The molecule has 4 aromatic rings. The van der Waals surface area contributed by atoms with Crippen LogP contribution in [0.5, 0.6) is 0 Å². The van der Waals surface area contributed by atoms with Crippen LogP contribution in [0.1, 0.15) is 52.6 Å². The zero-order valence-electron chi connectivity index (χ0n) is 23.0. The maximum absolute atomic E-state index is 13.5. The van der Waals surface area contributed by atoms with Gasteiger partial charge < -0.3 is 25.7 Å².